The summed E-state index contributed by atoms with van der Waals surface area (Å²) >= 11 is 5.89. The normalized spacial score (nSPS) is 10.7. The third-order valence-electron chi connectivity index (χ3n) is 2.92. The molecule has 4 nitrogen and oxygen atoms in total. The topological polar surface area (TPSA) is 56.5 Å². The van der Waals surface area contributed by atoms with Gasteiger partial charge in [0.05, 0.1) is 0 Å². The van der Waals surface area contributed by atoms with Gasteiger partial charge in [0.15, 0.2) is 5.78 Å². The maximum atomic E-state index is 12.3. The molecule has 0 aliphatic heterocycles. The number of ether oxygens (including phenoxy) is 1. The Morgan fingerprint density at radius 2 is 2.17 bits per heavy atom. The van der Waals surface area contributed by atoms with Gasteiger partial charge in [-0.3, -0.25) is 4.79 Å². The van der Waals surface area contributed by atoms with Crippen LogP contribution in [0.25, 0.3) is 6.08 Å². The van der Waals surface area contributed by atoms with Crippen molar-refractivity contribution in [3.63, 3.8) is 0 Å². The number of aryl methyl sites for hydroxylation is 1. The second-order valence-electron chi connectivity index (χ2n) is 4.74. The number of benzene rings is 1. The fraction of sp³-hybridized carbons (Fsp3) is 0.111. The standard InChI is InChI=1S/C18H15ClO4/c1-3-9-22-16-10-12(2)23-18(21)17(16)15(20)8-7-13-5-4-6-14(19)11-13/h3-8,10-11H,1,9H2,2H3. The lowest BCUT2D eigenvalue weighted by Crippen LogP contribution is -2.15. The second kappa shape index (κ2) is 7.61. The van der Waals surface area contributed by atoms with Crippen LogP contribution in [0.1, 0.15) is 21.7 Å². The van der Waals surface area contributed by atoms with Gasteiger partial charge in [-0.2, -0.15) is 0 Å². The number of ketones is 1. The predicted octanol–water partition coefficient (Wildman–Crippen LogP) is 4.06. The molecule has 118 valence electrons. The van der Waals surface area contributed by atoms with Crippen LogP contribution in [0.5, 0.6) is 5.75 Å². The molecular formula is C18H15ClO4. The molecule has 0 saturated heterocycles. The zero-order valence-corrected chi connectivity index (χ0v) is 13.3. The van der Waals surface area contributed by atoms with Crippen LogP contribution in [-0.4, -0.2) is 12.4 Å². The first-order chi connectivity index (χ1) is 11.0. The van der Waals surface area contributed by atoms with Gasteiger partial charge in [-0.15, -0.1) is 0 Å². The Kier molecular flexibility index (Phi) is 5.55. The van der Waals surface area contributed by atoms with Gasteiger partial charge in [-0.1, -0.05) is 42.5 Å². The van der Waals surface area contributed by atoms with E-state index in [0.717, 1.165) is 5.56 Å². The lowest BCUT2D eigenvalue weighted by atomic mass is 10.1. The maximum absolute atomic E-state index is 12.3. The first-order valence-corrected chi connectivity index (χ1v) is 7.25. The predicted molar refractivity (Wildman–Crippen MR) is 90.2 cm³/mol. The molecule has 23 heavy (non-hydrogen) atoms. The van der Waals surface area contributed by atoms with Gasteiger partial charge in [0.1, 0.15) is 23.7 Å². The smallest absolute Gasteiger partial charge is 0.351 e. The van der Waals surface area contributed by atoms with Crippen LogP contribution in [-0.2, 0) is 0 Å². The molecular weight excluding hydrogens is 316 g/mol. The summed E-state index contributed by atoms with van der Waals surface area (Å²) in [5.74, 6) is 0.0432. The van der Waals surface area contributed by atoms with E-state index in [4.69, 9.17) is 20.8 Å². The summed E-state index contributed by atoms with van der Waals surface area (Å²) in [6, 6.07) is 8.51. The Morgan fingerprint density at radius 1 is 1.39 bits per heavy atom. The summed E-state index contributed by atoms with van der Waals surface area (Å²) in [4.78, 5) is 24.3. The van der Waals surface area contributed by atoms with Crippen molar-refractivity contribution >= 4 is 23.5 Å². The van der Waals surface area contributed by atoms with Gasteiger partial charge < -0.3 is 9.15 Å². The average molecular weight is 331 g/mol. The maximum Gasteiger partial charge on any atom is 0.351 e. The van der Waals surface area contributed by atoms with E-state index < -0.39 is 11.4 Å². The SMILES string of the molecule is C=CCOc1cc(C)oc(=O)c1C(=O)C=Cc1cccc(Cl)c1. The lowest BCUT2D eigenvalue weighted by Gasteiger charge is -2.07. The first-order valence-electron chi connectivity index (χ1n) is 6.87. The van der Waals surface area contributed by atoms with Crippen molar-refractivity contribution in [2.45, 2.75) is 6.92 Å². The van der Waals surface area contributed by atoms with Gasteiger partial charge >= 0.3 is 5.63 Å². The summed E-state index contributed by atoms with van der Waals surface area (Å²) in [6.45, 7) is 5.33. The Labute approximate surface area is 138 Å². The molecule has 1 aromatic heterocycles. The van der Waals surface area contributed by atoms with E-state index in [1.54, 1.807) is 37.3 Å². The van der Waals surface area contributed by atoms with Gasteiger partial charge in [-0.25, -0.2) is 4.79 Å². The van der Waals surface area contributed by atoms with E-state index in [1.807, 2.05) is 0 Å². The van der Waals surface area contributed by atoms with Crippen molar-refractivity contribution in [2.24, 2.45) is 0 Å². The van der Waals surface area contributed by atoms with Crippen molar-refractivity contribution in [1.82, 2.24) is 0 Å². The average Bonchev–Trinajstić information content (AvgIpc) is 2.50. The minimum Gasteiger partial charge on any atom is -0.488 e. The van der Waals surface area contributed by atoms with Gasteiger partial charge in [0.25, 0.3) is 0 Å². The van der Waals surface area contributed by atoms with E-state index in [9.17, 15) is 9.59 Å². The highest BCUT2D eigenvalue weighted by molar-refractivity contribution is 6.30. The first kappa shape index (κ1) is 16.8. The third kappa shape index (κ3) is 4.44. The fourth-order valence-corrected chi connectivity index (χ4v) is 2.13. The molecule has 0 radical (unpaired) electrons. The van der Waals surface area contributed by atoms with Crippen LogP contribution in [0.2, 0.25) is 5.02 Å². The highest BCUT2D eigenvalue weighted by Gasteiger charge is 2.17. The fourth-order valence-electron chi connectivity index (χ4n) is 1.93. The largest absolute Gasteiger partial charge is 0.488 e. The van der Waals surface area contributed by atoms with E-state index in [1.165, 1.54) is 18.2 Å². The van der Waals surface area contributed by atoms with E-state index in [-0.39, 0.29) is 17.9 Å². The number of carbonyl (C=O) groups is 1. The summed E-state index contributed by atoms with van der Waals surface area (Å²) in [7, 11) is 0. The molecule has 0 amide bonds. The van der Waals surface area contributed by atoms with E-state index >= 15 is 0 Å². The van der Waals surface area contributed by atoms with Crippen LogP contribution >= 0.6 is 11.6 Å². The van der Waals surface area contributed by atoms with E-state index in [2.05, 4.69) is 6.58 Å². The molecule has 0 N–H and O–H groups in total. The Hall–Kier alpha value is -2.59. The van der Waals surface area contributed by atoms with Crippen LogP contribution < -0.4 is 10.4 Å². The molecule has 0 spiro atoms. The Bertz CT molecular complexity index is 818. The number of hydrogen-bond acceptors (Lipinski definition) is 4. The minimum absolute atomic E-state index is 0.143. The summed E-state index contributed by atoms with van der Waals surface area (Å²) < 4.78 is 10.4. The number of hydrogen-bond donors (Lipinski definition) is 0. The molecule has 0 fully saturated rings. The number of allylic oxidation sites excluding steroid dienone is 1. The molecule has 0 atom stereocenters. The summed E-state index contributed by atoms with van der Waals surface area (Å²) in [5, 5.41) is 0.560. The molecule has 1 heterocycles. The van der Waals surface area contributed by atoms with Crippen molar-refractivity contribution in [1.29, 1.82) is 0 Å². The summed E-state index contributed by atoms with van der Waals surface area (Å²) in [6.07, 6.45) is 4.39. The lowest BCUT2D eigenvalue weighted by molar-refractivity contribution is 0.104. The number of carbonyl (C=O) groups excluding carboxylic acids is 1. The van der Waals surface area contributed by atoms with Gasteiger partial charge in [0.2, 0.25) is 0 Å². The number of rotatable bonds is 6. The molecule has 1 aromatic carbocycles. The molecule has 0 aliphatic carbocycles. The third-order valence-corrected chi connectivity index (χ3v) is 3.15. The zero-order chi connectivity index (χ0) is 16.8. The van der Waals surface area contributed by atoms with Crippen molar-refractivity contribution in [3.8, 4) is 5.75 Å². The van der Waals surface area contributed by atoms with Crippen LogP contribution in [0, 0.1) is 6.92 Å². The van der Waals surface area contributed by atoms with Crippen molar-refractivity contribution in [3.05, 3.63) is 81.4 Å². The zero-order valence-electron chi connectivity index (χ0n) is 12.5. The molecule has 5 heteroatoms. The molecule has 0 unspecified atom stereocenters. The van der Waals surface area contributed by atoms with Crippen LogP contribution in [0.4, 0.5) is 0 Å². The minimum atomic E-state index is -0.732. The molecule has 2 rings (SSSR count). The van der Waals surface area contributed by atoms with E-state index in [0.29, 0.717) is 10.8 Å². The quantitative estimate of drug-likeness (QED) is 0.455. The van der Waals surface area contributed by atoms with Gasteiger partial charge in [0, 0.05) is 11.1 Å². The van der Waals surface area contributed by atoms with Crippen LogP contribution in [0.3, 0.4) is 0 Å². The van der Waals surface area contributed by atoms with Crippen LogP contribution in [0.15, 0.2) is 58.3 Å². The van der Waals surface area contributed by atoms with Crippen molar-refractivity contribution < 1.29 is 13.9 Å². The Morgan fingerprint density at radius 3 is 2.87 bits per heavy atom. The molecule has 0 saturated carbocycles. The monoisotopic (exact) mass is 330 g/mol. The highest BCUT2D eigenvalue weighted by Crippen LogP contribution is 2.19. The molecule has 2 aromatic rings. The molecule has 0 bridgehead atoms. The highest BCUT2D eigenvalue weighted by atomic mass is 35.5. The Balaban J connectivity index is 2.34. The molecule has 0 aliphatic rings. The van der Waals surface area contributed by atoms with Crippen molar-refractivity contribution in [2.75, 3.05) is 6.61 Å². The number of halogens is 1. The second-order valence-corrected chi connectivity index (χ2v) is 5.17. The summed E-state index contributed by atoms with van der Waals surface area (Å²) in [5.41, 5.74) is -0.128. The van der Waals surface area contributed by atoms with Gasteiger partial charge in [-0.05, 0) is 30.7 Å².